The normalized spacial score (nSPS) is 14.1. The van der Waals surface area contributed by atoms with Gasteiger partial charge in [0.05, 0.1) is 6.61 Å². The van der Waals surface area contributed by atoms with Crippen molar-refractivity contribution in [3.05, 3.63) is 108 Å². The van der Waals surface area contributed by atoms with Gasteiger partial charge in [-0.1, -0.05) is 91.0 Å². The van der Waals surface area contributed by atoms with Gasteiger partial charge in [-0.25, -0.2) is 14.5 Å². The van der Waals surface area contributed by atoms with Crippen LogP contribution in [0.15, 0.2) is 91.0 Å². The van der Waals surface area contributed by atoms with Crippen molar-refractivity contribution in [3.63, 3.8) is 0 Å². The molecular formula is C25H25N3O3. The van der Waals surface area contributed by atoms with Crippen molar-refractivity contribution in [1.82, 2.24) is 9.80 Å². The Labute approximate surface area is 181 Å². The van der Waals surface area contributed by atoms with Crippen molar-refractivity contribution in [2.45, 2.75) is 5.60 Å². The zero-order chi connectivity index (χ0) is 21.7. The predicted octanol–water partition coefficient (Wildman–Crippen LogP) is 3.81. The first kappa shape index (κ1) is 20.6. The van der Waals surface area contributed by atoms with Crippen LogP contribution in [0.3, 0.4) is 0 Å². The third-order valence-electron chi connectivity index (χ3n) is 5.58. The maximum Gasteiger partial charge on any atom is 0.328 e. The molecular weight excluding hydrogens is 390 g/mol. The molecule has 1 aliphatic rings. The number of hydrogen-bond acceptors (Lipinski definition) is 3. The summed E-state index contributed by atoms with van der Waals surface area (Å²) in [5.41, 5.74) is 7.44. The van der Waals surface area contributed by atoms with Crippen LogP contribution in [0.2, 0.25) is 0 Å². The molecule has 0 aliphatic carbocycles. The molecule has 0 saturated carbocycles. The van der Waals surface area contributed by atoms with Gasteiger partial charge in [0, 0.05) is 19.6 Å². The highest BCUT2D eigenvalue weighted by molar-refractivity contribution is 5.94. The molecule has 0 radical (unpaired) electrons. The number of nitrogens with zero attached hydrogens (tertiary/aromatic N) is 2. The van der Waals surface area contributed by atoms with Crippen LogP contribution in [0.25, 0.3) is 0 Å². The summed E-state index contributed by atoms with van der Waals surface area (Å²) < 4.78 is 6.67. The van der Waals surface area contributed by atoms with Gasteiger partial charge >= 0.3 is 12.1 Å². The Morgan fingerprint density at radius 2 is 1.26 bits per heavy atom. The molecule has 3 aromatic carbocycles. The smallest absolute Gasteiger partial charge is 0.328 e. The van der Waals surface area contributed by atoms with Crippen LogP contribution >= 0.6 is 0 Å². The Hall–Kier alpha value is -3.64. The van der Waals surface area contributed by atoms with Crippen molar-refractivity contribution < 1.29 is 14.3 Å². The van der Waals surface area contributed by atoms with Crippen LogP contribution in [-0.2, 0) is 10.3 Å². The number of benzene rings is 3. The molecule has 0 unspecified atom stereocenters. The standard InChI is InChI=1S/C25H25N3O3/c26-23(29)28-17-16-27(24(28)30)18-19-31-25(20-10-4-1-5-11-20,21-12-6-2-7-13-21)22-14-8-3-9-15-22/h1-15H,16-19H2,(H2,26,29). The lowest BCUT2D eigenvalue weighted by Crippen LogP contribution is -2.41. The Morgan fingerprint density at radius 1 is 0.806 bits per heavy atom. The van der Waals surface area contributed by atoms with Crippen molar-refractivity contribution in [3.8, 4) is 0 Å². The van der Waals surface area contributed by atoms with Gasteiger partial charge < -0.3 is 15.4 Å². The maximum absolute atomic E-state index is 12.4. The van der Waals surface area contributed by atoms with Gasteiger partial charge in [0.15, 0.2) is 0 Å². The van der Waals surface area contributed by atoms with Gasteiger partial charge in [-0.3, -0.25) is 0 Å². The van der Waals surface area contributed by atoms with Gasteiger partial charge in [0.25, 0.3) is 0 Å². The summed E-state index contributed by atoms with van der Waals surface area (Å²) in [6.07, 6.45) is 0. The average Bonchev–Trinajstić information content (AvgIpc) is 3.19. The third-order valence-corrected chi connectivity index (χ3v) is 5.58. The van der Waals surface area contributed by atoms with Gasteiger partial charge in [-0.15, -0.1) is 0 Å². The van der Waals surface area contributed by atoms with Crippen LogP contribution in [0.1, 0.15) is 16.7 Å². The van der Waals surface area contributed by atoms with E-state index in [9.17, 15) is 9.59 Å². The van der Waals surface area contributed by atoms with Crippen molar-refractivity contribution in [1.29, 1.82) is 0 Å². The first-order valence-corrected chi connectivity index (χ1v) is 10.3. The summed E-state index contributed by atoms with van der Waals surface area (Å²) in [5.74, 6) is 0. The van der Waals surface area contributed by atoms with E-state index in [-0.39, 0.29) is 12.6 Å². The minimum atomic E-state index is -0.837. The zero-order valence-electron chi connectivity index (χ0n) is 17.2. The topological polar surface area (TPSA) is 75.9 Å². The largest absolute Gasteiger partial charge is 0.359 e. The predicted molar refractivity (Wildman–Crippen MR) is 118 cm³/mol. The highest BCUT2D eigenvalue weighted by atomic mass is 16.5. The van der Waals surface area contributed by atoms with Gasteiger partial charge in [-0.2, -0.15) is 0 Å². The molecule has 31 heavy (non-hydrogen) atoms. The molecule has 158 valence electrons. The molecule has 4 rings (SSSR count). The molecule has 0 bridgehead atoms. The van der Waals surface area contributed by atoms with E-state index >= 15 is 0 Å². The number of imide groups is 1. The van der Waals surface area contributed by atoms with Crippen molar-refractivity contribution in [2.24, 2.45) is 5.73 Å². The zero-order valence-corrected chi connectivity index (χ0v) is 17.2. The minimum absolute atomic E-state index is 0.289. The van der Waals surface area contributed by atoms with Crippen LogP contribution in [0.5, 0.6) is 0 Å². The molecule has 6 heteroatoms. The highest BCUT2D eigenvalue weighted by Gasteiger charge is 2.38. The molecule has 0 atom stereocenters. The lowest BCUT2D eigenvalue weighted by Gasteiger charge is -2.36. The Kier molecular flexibility index (Phi) is 6.00. The number of carbonyl (C=O) groups is 2. The van der Waals surface area contributed by atoms with E-state index in [1.54, 1.807) is 4.90 Å². The van der Waals surface area contributed by atoms with Gasteiger partial charge in [0.2, 0.25) is 0 Å². The monoisotopic (exact) mass is 415 g/mol. The second kappa shape index (κ2) is 9.02. The second-order valence-electron chi connectivity index (χ2n) is 7.39. The number of nitrogens with two attached hydrogens (primary N) is 1. The maximum atomic E-state index is 12.4. The summed E-state index contributed by atoms with van der Waals surface area (Å²) in [4.78, 5) is 26.5. The van der Waals surface area contributed by atoms with Crippen molar-refractivity contribution in [2.75, 3.05) is 26.2 Å². The van der Waals surface area contributed by atoms with E-state index in [4.69, 9.17) is 10.5 Å². The number of amides is 4. The van der Waals surface area contributed by atoms with Crippen LogP contribution in [0, 0.1) is 0 Å². The number of hydrogen-bond donors (Lipinski definition) is 1. The number of rotatable bonds is 7. The lowest BCUT2D eigenvalue weighted by molar-refractivity contribution is 0.00645. The SMILES string of the molecule is NC(=O)N1CCN(CCOC(c2ccccc2)(c2ccccc2)c2ccccc2)C1=O. The Bertz CT molecular complexity index is 929. The van der Waals surface area contributed by atoms with Crippen LogP contribution < -0.4 is 5.73 Å². The molecule has 0 spiro atoms. The number of primary amides is 1. The molecule has 3 aromatic rings. The first-order chi connectivity index (χ1) is 15.1. The molecule has 1 saturated heterocycles. The number of ether oxygens (including phenoxy) is 1. The number of carbonyl (C=O) groups excluding carboxylic acids is 2. The fraction of sp³-hybridized carbons (Fsp3) is 0.200. The van der Waals surface area contributed by atoms with E-state index in [2.05, 4.69) is 36.4 Å². The summed E-state index contributed by atoms with van der Waals surface area (Å²) in [5, 5.41) is 0. The molecule has 4 amide bonds. The lowest BCUT2D eigenvalue weighted by atomic mass is 9.80. The summed E-state index contributed by atoms with van der Waals surface area (Å²) in [7, 11) is 0. The summed E-state index contributed by atoms with van der Waals surface area (Å²) in [6.45, 7) is 1.39. The summed E-state index contributed by atoms with van der Waals surface area (Å²) >= 11 is 0. The Balaban J connectivity index is 1.68. The molecule has 0 aromatic heterocycles. The molecule has 6 nitrogen and oxygen atoms in total. The highest BCUT2D eigenvalue weighted by Crippen LogP contribution is 2.40. The fourth-order valence-corrected chi connectivity index (χ4v) is 4.07. The number of urea groups is 2. The van der Waals surface area contributed by atoms with E-state index in [1.165, 1.54) is 0 Å². The van der Waals surface area contributed by atoms with Gasteiger partial charge in [-0.05, 0) is 16.7 Å². The van der Waals surface area contributed by atoms with E-state index in [1.807, 2.05) is 54.6 Å². The third kappa shape index (κ3) is 4.02. The molecule has 1 heterocycles. The minimum Gasteiger partial charge on any atom is -0.359 e. The molecule has 1 fully saturated rings. The first-order valence-electron chi connectivity index (χ1n) is 10.3. The summed E-state index contributed by atoms with van der Waals surface area (Å²) in [6, 6.07) is 29.1. The van der Waals surface area contributed by atoms with Gasteiger partial charge in [0.1, 0.15) is 5.60 Å². The van der Waals surface area contributed by atoms with Crippen molar-refractivity contribution >= 4 is 12.1 Å². The molecule has 1 aliphatic heterocycles. The van der Waals surface area contributed by atoms with E-state index in [0.717, 1.165) is 21.6 Å². The average molecular weight is 415 g/mol. The second-order valence-corrected chi connectivity index (χ2v) is 7.39. The van der Waals surface area contributed by atoms with E-state index in [0.29, 0.717) is 19.6 Å². The fourth-order valence-electron chi connectivity index (χ4n) is 4.07. The van der Waals surface area contributed by atoms with E-state index < -0.39 is 11.6 Å². The van der Waals surface area contributed by atoms with Crippen LogP contribution in [0.4, 0.5) is 9.59 Å². The molecule has 2 N–H and O–H groups in total. The Morgan fingerprint density at radius 3 is 1.65 bits per heavy atom. The quantitative estimate of drug-likeness (QED) is 0.596. The van der Waals surface area contributed by atoms with Crippen LogP contribution in [-0.4, -0.2) is 48.1 Å².